The summed E-state index contributed by atoms with van der Waals surface area (Å²) < 4.78 is 0.967. The normalized spacial score (nSPS) is 12.9. The second-order valence-corrected chi connectivity index (χ2v) is 5.59. The zero-order chi connectivity index (χ0) is 12.4. The van der Waals surface area contributed by atoms with Crippen LogP contribution in [-0.4, -0.2) is 28.6 Å². The summed E-state index contributed by atoms with van der Waals surface area (Å²) in [4.78, 5) is 4.36. The van der Waals surface area contributed by atoms with Gasteiger partial charge in [0, 0.05) is 6.54 Å². The lowest BCUT2D eigenvalue weighted by molar-refractivity contribution is 0.211. The number of aromatic nitrogens is 1. The highest BCUT2D eigenvalue weighted by Crippen LogP contribution is 2.34. The molecule has 2 aromatic rings. The minimum atomic E-state index is -0.577. The van der Waals surface area contributed by atoms with Crippen molar-refractivity contribution in [3.63, 3.8) is 0 Å². The number of aryl methyl sites for hydroxylation is 1. The number of nitrogens with zero attached hydrogens (tertiary/aromatic N) is 1. The third kappa shape index (κ3) is 2.83. The average Bonchev–Trinajstić information content (AvgIpc) is 2.69. The predicted molar refractivity (Wildman–Crippen MR) is 74.6 cm³/mol. The summed E-state index contributed by atoms with van der Waals surface area (Å²) in [6.45, 7) is 2.33. The number of anilines is 1. The van der Waals surface area contributed by atoms with E-state index in [2.05, 4.69) is 10.3 Å². The Morgan fingerprint density at radius 1 is 1.53 bits per heavy atom. The molecule has 6 heteroatoms. The summed E-state index contributed by atoms with van der Waals surface area (Å²) in [7, 11) is 0. The Labute approximate surface area is 113 Å². The largest absolute Gasteiger partial charge is 0.390 e. The topological polar surface area (TPSA) is 45.2 Å². The molecule has 0 aliphatic heterocycles. The van der Waals surface area contributed by atoms with Crippen LogP contribution in [0.5, 0.6) is 0 Å². The van der Waals surface area contributed by atoms with Crippen molar-refractivity contribution in [2.75, 3.05) is 17.7 Å². The van der Waals surface area contributed by atoms with Crippen molar-refractivity contribution >= 4 is 50.4 Å². The highest BCUT2D eigenvalue weighted by atomic mass is 35.5. The minimum Gasteiger partial charge on any atom is -0.390 e. The van der Waals surface area contributed by atoms with Crippen LogP contribution in [-0.2, 0) is 0 Å². The second-order valence-electron chi connectivity index (χ2n) is 3.70. The van der Waals surface area contributed by atoms with E-state index in [0.717, 1.165) is 20.9 Å². The lowest BCUT2D eigenvalue weighted by atomic mass is 10.3. The number of alkyl halides is 1. The van der Waals surface area contributed by atoms with Crippen molar-refractivity contribution in [3.8, 4) is 0 Å². The van der Waals surface area contributed by atoms with Gasteiger partial charge in [-0.3, -0.25) is 0 Å². The molecule has 0 saturated heterocycles. The summed E-state index contributed by atoms with van der Waals surface area (Å²) in [5.74, 6) is 0.201. The van der Waals surface area contributed by atoms with Gasteiger partial charge in [0.15, 0.2) is 0 Å². The highest BCUT2D eigenvalue weighted by Gasteiger charge is 2.10. The SMILES string of the molecule is Cc1nc2ccc(NCC(O)CCl)c(Cl)c2s1. The molecule has 92 valence electrons. The first-order valence-corrected chi connectivity index (χ1v) is 6.88. The second kappa shape index (κ2) is 5.40. The molecule has 0 fully saturated rings. The van der Waals surface area contributed by atoms with Gasteiger partial charge in [-0.1, -0.05) is 11.6 Å². The fraction of sp³-hybridized carbons (Fsp3) is 0.364. The number of hydrogen-bond donors (Lipinski definition) is 2. The summed E-state index contributed by atoms with van der Waals surface area (Å²) in [6, 6.07) is 3.78. The summed E-state index contributed by atoms with van der Waals surface area (Å²) in [5, 5.41) is 14.1. The molecule has 1 aromatic carbocycles. The quantitative estimate of drug-likeness (QED) is 0.850. The maximum Gasteiger partial charge on any atom is 0.0908 e. The van der Waals surface area contributed by atoms with Crippen molar-refractivity contribution in [2.45, 2.75) is 13.0 Å². The van der Waals surface area contributed by atoms with Gasteiger partial charge in [0.2, 0.25) is 0 Å². The number of rotatable bonds is 4. The van der Waals surface area contributed by atoms with E-state index in [9.17, 15) is 5.11 Å². The van der Waals surface area contributed by atoms with E-state index >= 15 is 0 Å². The maximum atomic E-state index is 9.38. The maximum absolute atomic E-state index is 9.38. The van der Waals surface area contributed by atoms with Crippen molar-refractivity contribution in [1.29, 1.82) is 0 Å². The van der Waals surface area contributed by atoms with Gasteiger partial charge < -0.3 is 10.4 Å². The standard InChI is InChI=1S/C11H12Cl2N2OS/c1-6-15-9-3-2-8(10(13)11(9)17-6)14-5-7(16)4-12/h2-3,7,14,16H,4-5H2,1H3. The molecular weight excluding hydrogens is 279 g/mol. The van der Waals surface area contributed by atoms with Gasteiger partial charge in [0.1, 0.15) is 0 Å². The van der Waals surface area contributed by atoms with Crippen LogP contribution in [0.2, 0.25) is 5.02 Å². The molecule has 0 amide bonds. The molecule has 17 heavy (non-hydrogen) atoms. The Kier molecular flexibility index (Phi) is 4.09. The number of aliphatic hydroxyl groups excluding tert-OH is 1. The van der Waals surface area contributed by atoms with Crippen LogP contribution in [0.1, 0.15) is 5.01 Å². The van der Waals surface area contributed by atoms with E-state index in [-0.39, 0.29) is 5.88 Å². The molecule has 0 bridgehead atoms. The minimum absolute atomic E-state index is 0.201. The van der Waals surface area contributed by atoms with Crippen LogP contribution >= 0.6 is 34.5 Å². The molecule has 1 unspecified atom stereocenters. The highest BCUT2D eigenvalue weighted by molar-refractivity contribution is 7.19. The van der Waals surface area contributed by atoms with Gasteiger partial charge in [-0.2, -0.15) is 0 Å². The Morgan fingerprint density at radius 3 is 3.00 bits per heavy atom. The van der Waals surface area contributed by atoms with Gasteiger partial charge in [0.25, 0.3) is 0 Å². The fourth-order valence-electron chi connectivity index (χ4n) is 1.49. The van der Waals surface area contributed by atoms with Gasteiger partial charge in [-0.05, 0) is 19.1 Å². The van der Waals surface area contributed by atoms with Crippen LogP contribution in [0.4, 0.5) is 5.69 Å². The first kappa shape index (κ1) is 12.9. The van der Waals surface area contributed by atoms with Gasteiger partial charge in [-0.25, -0.2) is 4.98 Å². The van der Waals surface area contributed by atoms with Crippen LogP contribution in [0, 0.1) is 6.92 Å². The van der Waals surface area contributed by atoms with Gasteiger partial charge >= 0.3 is 0 Å². The van der Waals surface area contributed by atoms with E-state index in [1.165, 1.54) is 0 Å². The molecule has 0 saturated carbocycles. The lowest BCUT2D eigenvalue weighted by Gasteiger charge is -2.11. The van der Waals surface area contributed by atoms with Crippen LogP contribution < -0.4 is 5.32 Å². The molecule has 2 rings (SSSR count). The molecule has 3 nitrogen and oxygen atoms in total. The summed E-state index contributed by atoms with van der Waals surface area (Å²) >= 11 is 13.4. The number of fused-ring (bicyclic) bond motifs is 1. The Morgan fingerprint density at radius 2 is 2.29 bits per heavy atom. The molecule has 1 heterocycles. The average molecular weight is 291 g/mol. The van der Waals surface area contributed by atoms with E-state index in [0.29, 0.717) is 11.6 Å². The predicted octanol–water partition coefficient (Wildman–Crippen LogP) is 3.27. The monoisotopic (exact) mass is 290 g/mol. The van der Waals surface area contributed by atoms with E-state index in [1.807, 2.05) is 19.1 Å². The number of halogens is 2. The van der Waals surface area contributed by atoms with E-state index < -0.39 is 6.10 Å². The van der Waals surface area contributed by atoms with Crippen LogP contribution in [0.3, 0.4) is 0 Å². The van der Waals surface area contributed by atoms with Crippen molar-refractivity contribution in [3.05, 3.63) is 22.2 Å². The third-order valence-corrected chi connectivity index (χ3v) is 4.18. The molecule has 0 spiro atoms. The number of benzene rings is 1. The number of nitrogens with one attached hydrogen (secondary N) is 1. The Hall–Kier alpha value is -0.550. The number of hydrogen-bond acceptors (Lipinski definition) is 4. The first-order valence-electron chi connectivity index (χ1n) is 5.15. The zero-order valence-electron chi connectivity index (χ0n) is 9.20. The van der Waals surface area contributed by atoms with Gasteiger partial charge in [-0.15, -0.1) is 22.9 Å². The third-order valence-electron chi connectivity index (χ3n) is 2.31. The molecule has 0 aliphatic rings. The zero-order valence-corrected chi connectivity index (χ0v) is 11.5. The number of thiazole rings is 1. The van der Waals surface area contributed by atoms with Crippen LogP contribution in [0.25, 0.3) is 10.2 Å². The van der Waals surface area contributed by atoms with Gasteiger partial charge in [0.05, 0.1) is 37.9 Å². The molecule has 1 atom stereocenters. The van der Waals surface area contributed by atoms with E-state index in [1.54, 1.807) is 11.3 Å². The fourth-order valence-corrected chi connectivity index (χ4v) is 2.80. The molecule has 1 aromatic heterocycles. The molecule has 0 aliphatic carbocycles. The summed E-state index contributed by atoms with van der Waals surface area (Å²) in [6.07, 6.45) is -0.577. The first-order chi connectivity index (χ1) is 8.11. The van der Waals surface area contributed by atoms with Crippen molar-refractivity contribution in [2.24, 2.45) is 0 Å². The Balaban J connectivity index is 2.26. The molecular formula is C11H12Cl2N2OS. The molecule has 0 radical (unpaired) electrons. The summed E-state index contributed by atoms with van der Waals surface area (Å²) in [5.41, 5.74) is 1.70. The smallest absolute Gasteiger partial charge is 0.0908 e. The number of aliphatic hydroxyl groups is 1. The van der Waals surface area contributed by atoms with Crippen molar-refractivity contribution < 1.29 is 5.11 Å². The molecule has 2 N–H and O–H groups in total. The van der Waals surface area contributed by atoms with Crippen molar-refractivity contribution in [1.82, 2.24) is 4.98 Å². The lowest BCUT2D eigenvalue weighted by Crippen LogP contribution is -2.20. The van der Waals surface area contributed by atoms with Crippen LogP contribution in [0.15, 0.2) is 12.1 Å². The Bertz CT molecular complexity index is 529. The van der Waals surface area contributed by atoms with E-state index in [4.69, 9.17) is 23.2 Å².